The van der Waals surface area contributed by atoms with Crippen molar-refractivity contribution in [1.29, 1.82) is 0 Å². The van der Waals surface area contributed by atoms with E-state index in [1.807, 2.05) is 19.9 Å². The first kappa shape index (κ1) is 10.2. The minimum Gasteiger partial charge on any atom is -0.394 e. The molecule has 64 valence electrons. The molecule has 2 nitrogen and oxygen atoms in total. The lowest BCUT2D eigenvalue weighted by atomic mass is 10.0. The lowest BCUT2D eigenvalue weighted by molar-refractivity contribution is 0.228. The maximum atomic E-state index is 8.93. The van der Waals surface area contributed by atoms with Gasteiger partial charge in [-0.3, -0.25) is 0 Å². The van der Waals surface area contributed by atoms with Gasteiger partial charge in [0.2, 0.25) is 0 Å². The van der Waals surface area contributed by atoms with E-state index in [2.05, 4.69) is 18.5 Å². The molecule has 0 fully saturated rings. The molecular formula is C9H17NO. The van der Waals surface area contributed by atoms with E-state index >= 15 is 0 Å². The molecule has 0 aromatic carbocycles. The highest BCUT2D eigenvalue weighted by Crippen LogP contribution is 2.04. The van der Waals surface area contributed by atoms with Crippen LogP contribution >= 0.6 is 0 Å². The maximum absolute atomic E-state index is 8.93. The molecule has 2 heteroatoms. The number of hydrogen-bond donors (Lipinski definition) is 2. The van der Waals surface area contributed by atoms with Crippen LogP contribution in [0.1, 0.15) is 13.8 Å². The summed E-state index contributed by atoms with van der Waals surface area (Å²) in [4.78, 5) is 0. The van der Waals surface area contributed by atoms with Crippen molar-refractivity contribution in [1.82, 2.24) is 5.32 Å². The van der Waals surface area contributed by atoms with Crippen LogP contribution in [0.25, 0.3) is 0 Å². The zero-order valence-electron chi connectivity index (χ0n) is 7.30. The van der Waals surface area contributed by atoms with E-state index in [1.54, 1.807) is 0 Å². The number of aliphatic hydroxyl groups is 1. The Labute approximate surface area is 68.6 Å². The van der Waals surface area contributed by atoms with Crippen molar-refractivity contribution >= 4 is 0 Å². The average molecular weight is 155 g/mol. The second kappa shape index (κ2) is 4.97. The van der Waals surface area contributed by atoms with E-state index in [9.17, 15) is 0 Å². The Balaban J connectivity index is 3.93. The molecule has 0 aromatic heterocycles. The first-order valence-electron chi connectivity index (χ1n) is 3.77. The van der Waals surface area contributed by atoms with Gasteiger partial charge in [0.25, 0.3) is 0 Å². The second-order valence-corrected chi connectivity index (χ2v) is 2.81. The molecule has 2 N–H and O–H groups in total. The topological polar surface area (TPSA) is 32.3 Å². The van der Waals surface area contributed by atoms with Crippen molar-refractivity contribution in [2.75, 3.05) is 6.61 Å². The smallest absolute Gasteiger partial charge is 0.0638 e. The van der Waals surface area contributed by atoms with E-state index in [4.69, 9.17) is 5.11 Å². The second-order valence-electron chi connectivity index (χ2n) is 2.81. The van der Waals surface area contributed by atoms with Gasteiger partial charge in [-0.2, -0.15) is 0 Å². The zero-order chi connectivity index (χ0) is 8.85. The van der Waals surface area contributed by atoms with Crippen molar-refractivity contribution in [3.05, 3.63) is 24.9 Å². The molecule has 0 heterocycles. The molecule has 0 aliphatic rings. The summed E-state index contributed by atoms with van der Waals surface area (Å²) in [6.07, 6.45) is 1.82. The molecular weight excluding hydrogens is 138 g/mol. The predicted octanol–water partition coefficient (Wildman–Crippen LogP) is 1.29. The summed E-state index contributed by atoms with van der Waals surface area (Å²) in [6.45, 7) is 11.3. The number of aliphatic hydroxyl groups excluding tert-OH is 1. The van der Waals surface area contributed by atoms with Crippen molar-refractivity contribution in [2.45, 2.75) is 19.9 Å². The van der Waals surface area contributed by atoms with Crippen LogP contribution in [0, 0.1) is 5.92 Å². The molecule has 0 aromatic rings. The van der Waals surface area contributed by atoms with Gasteiger partial charge in [0.15, 0.2) is 0 Å². The fraction of sp³-hybridized carbons (Fsp3) is 0.556. The molecule has 0 unspecified atom stereocenters. The van der Waals surface area contributed by atoms with Gasteiger partial charge in [0, 0.05) is 5.70 Å². The fourth-order valence-corrected chi connectivity index (χ4v) is 0.824. The minimum atomic E-state index is 0.0463. The Kier molecular flexibility index (Phi) is 4.62. The van der Waals surface area contributed by atoms with Gasteiger partial charge in [-0.25, -0.2) is 0 Å². The average Bonchev–Trinajstić information content (AvgIpc) is 1.98. The molecule has 0 rings (SSSR count). The van der Waals surface area contributed by atoms with Gasteiger partial charge in [0.05, 0.1) is 12.6 Å². The summed E-state index contributed by atoms with van der Waals surface area (Å²) in [5.74, 6) is 0.261. The Hall–Kier alpha value is -0.760. The van der Waals surface area contributed by atoms with Crippen LogP contribution in [0.2, 0.25) is 0 Å². The third-order valence-electron chi connectivity index (χ3n) is 1.63. The lowest BCUT2D eigenvalue weighted by Gasteiger charge is -2.21. The van der Waals surface area contributed by atoms with Crippen molar-refractivity contribution in [3.63, 3.8) is 0 Å². The lowest BCUT2D eigenvalue weighted by Crippen LogP contribution is -2.35. The van der Waals surface area contributed by atoms with Gasteiger partial charge in [0.1, 0.15) is 0 Å². The molecule has 0 bridgehead atoms. The van der Waals surface area contributed by atoms with Crippen LogP contribution in [0.4, 0.5) is 0 Å². The number of rotatable bonds is 5. The van der Waals surface area contributed by atoms with E-state index in [1.165, 1.54) is 0 Å². The SMILES string of the molecule is C=C[C@@H](C)[C@H](CO)NC(=C)C. The van der Waals surface area contributed by atoms with Crippen molar-refractivity contribution in [2.24, 2.45) is 5.92 Å². The Bertz CT molecular complexity index is 142. The molecule has 11 heavy (non-hydrogen) atoms. The monoisotopic (exact) mass is 155 g/mol. The summed E-state index contributed by atoms with van der Waals surface area (Å²) < 4.78 is 0. The molecule has 0 amide bonds. The summed E-state index contributed by atoms with van der Waals surface area (Å²) >= 11 is 0. The van der Waals surface area contributed by atoms with Crippen LogP contribution in [-0.4, -0.2) is 17.8 Å². The molecule has 0 spiro atoms. The standard InChI is InChI=1S/C9H17NO/c1-5-8(4)9(6-11)10-7(2)3/h5,8-11H,1-2,6H2,3-4H3/t8-,9+/m1/s1. The summed E-state index contributed by atoms with van der Waals surface area (Å²) in [6, 6.07) is 0.0463. The molecule has 0 aliphatic heterocycles. The highest BCUT2D eigenvalue weighted by molar-refractivity contribution is 4.94. The first-order chi connectivity index (χ1) is 5.11. The number of hydrogen-bond acceptors (Lipinski definition) is 2. The Morgan fingerprint density at radius 3 is 2.55 bits per heavy atom. The third-order valence-corrected chi connectivity index (χ3v) is 1.63. The van der Waals surface area contributed by atoms with Gasteiger partial charge in [-0.05, 0) is 12.8 Å². The van der Waals surface area contributed by atoms with Gasteiger partial charge < -0.3 is 10.4 Å². The van der Waals surface area contributed by atoms with E-state index in [0.29, 0.717) is 0 Å². The highest BCUT2D eigenvalue weighted by Gasteiger charge is 2.11. The largest absolute Gasteiger partial charge is 0.394 e. The predicted molar refractivity (Wildman–Crippen MR) is 48.2 cm³/mol. The quantitative estimate of drug-likeness (QED) is 0.586. The molecule has 0 radical (unpaired) electrons. The summed E-state index contributed by atoms with van der Waals surface area (Å²) in [5.41, 5.74) is 0.873. The molecule has 0 aliphatic carbocycles. The fourth-order valence-electron chi connectivity index (χ4n) is 0.824. The van der Waals surface area contributed by atoms with Crippen molar-refractivity contribution in [3.8, 4) is 0 Å². The number of allylic oxidation sites excluding steroid dienone is 1. The van der Waals surface area contributed by atoms with E-state index in [-0.39, 0.29) is 18.6 Å². The van der Waals surface area contributed by atoms with Crippen LogP contribution < -0.4 is 5.32 Å². The summed E-state index contributed by atoms with van der Waals surface area (Å²) in [7, 11) is 0. The van der Waals surface area contributed by atoms with Gasteiger partial charge in [-0.1, -0.05) is 19.6 Å². The van der Waals surface area contributed by atoms with E-state index < -0.39 is 0 Å². The molecule has 0 saturated heterocycles. The zero-order valence-corrected chi connectivity index (χ0v) is 7.30. The third kappa shape index (κ3) is 3.83. The van der Waals surface area contributed by atoms with E-state index in [0.717, 1.165) is 5.70 Å². The molecule has 2 atom stereocenters. The van der Waals surface area contributed by atoms with Gasteiger partial charge in [-0.15, -0.1) is 6.58 Å². The minimum absolute atomic E-state index is 0.0463. The Morgan fingerprint density at radius 1 is 1.73 bits per heavy atom. The van der Waals surface area contributed by atoms with Crippen LogP contribution in [0.3, 0.4) is 0 Å². The first-order valence-corrected chi connectivity index (χ1v) is 3.77. The van der Waals surface area contributed by atoms with Crippen LogP contribution in [0.15, 0.2) is 24.9 Å². The Morgan fingerprint density at radius 2 is 2.27 bits per heavy atom. The van der Waals surface area contributed by atoms with Crippen LogP contribution in [0.5, 0.6) is 0 Å². The van der Waals surface area contributed by atoms with Gasteiger partial charge >= 0.3 is 0 Å². The highest BCUT2D eigenvalue weighted by atomic mass is 16.3. The normalized spacial score (nSPS) is 15.2. The molecule has 0 saturated carbocycles. The number of nitrogens with one attached hydrogen (secondary N) is 1. The maximum Gasteiger partial charge on any atom is 0.0638 e. The summed E-state index contributed by atoms with van der Waals surface area (Å²) in [5, 5.41) is 12.0. The van der Waals surface area contributed by atoms with Crippen LogP contribution in [-0.2, 0) is 0 Å². The van der Waals surface area contributed by atoms with Crippen molar-refractivity contribution < 1.29 is 5.11 Å².